The van der Waals surface area contributed by atoms with Crippen LogP contribution in [-0.4, -0.2) is 52.4 Å². The van der Waals surface area contributed by atoms with Crippen molar-refractivity contribution in [2.75, 3.05) is 31.6 Å². The molecule has 1 aliphatic heterocycles. The van der Waals surface area contributed by atoms with Gasteiger partial charge in [-0.25, -0.2) is 9.97 Å². The van der Waals surface area contributed by atoms with Crippen molar-refractivity contribution < 1.29 is 4.79 Å². The molecule has 1 fully saturated rings. The van der Waals surface area contributed by atoms with Crippen LogP contribution in [0.1, 0.15) is 12.8 Å². The first-order valence-electron chi connectivity index (χ1n) is 8.88. The lowest BCUT2D eigenvalue weighted by Gasteiger charge is -2.24. The minimum Gasteiger partial charge on any atom is -0.357 e. The van der Waals surface area contributed by atoms with Gasteiger partial charge in [-0.15, -0.1) is 0 Å². The Balaban J connectivity index is 1.67. The van der Waals surface area contributed by atoms with E-state index in [2.05, 4.69) is 9.88 Å². The summed E-state index contributed by atoms with van der Waals surface area (Å²) in [5, 5.41) is 1.01. The maximum Gasteiger partial charge on any atom is 0.222 e. The Morgan fingerprint density at radius 2 is 1.92 bits per heavy atom. The van der Waals surface area contributed by atoms with Crippen LogP contribution in [0.2, 0.25) is 0 Å². The zero-order valence-electron chi connectivity index (χ0n) is 14.8. The Labute approximate surface area is 152 Å². The molecule has 0 radical (unpaired) electrons. The predicted octanol–water partition coefficient (Wildman–Crippen LogP) is 2.75. The third-order valence-electron chi connectivity index (χ3n) is 4.76. The summed E-state index contributed by atoms with van der Waals surface area (Å²) in [5.41, 5.74) is 1.85. The van der Waals surface area contributed by atoms with Crippen LogP contribution in [0.4, 0.5) is 5.82 Å². The highest BCUT2D eigenvalue weighted by atomic mass is 16.2. The van der Waals surface area contributed by atoms with Gasteiger partial charge in [-0.3, -0.25) is 9.78 Å². The summed E-state index contributed by atoms with van der Waals surface area (Å²) in [6, 6.07) is 11.9. The molecular formula is C20H21N5O. The predicted molar refractivity (Wildman–Crippen MR) is 102 cm³/mol. The van der Waals surface area contributed by atoms with E-state index in [4.69, 9.17) is 9.97 Å². The van der Waals surface area contributed by atoms with Gasteiger partial charge in [0.2, 0.25) is 5.91 Å². The molecule has 6 nitrogen and oxygen atoms in total. The number of nitrogens with zero attached hydrogens (tertiary/aromatic N) is 5. The third kappa shape index (κ3) is 3.22. The Kier molecular flexibility index (Phi) is 4.48. The maximum atomic E-state index is 11.9. The van der Waals surface area contributed by atoms with Crippen LogP contribution in [0.25, 0.3) is 22.3 Å². The van der Waals surface area contributed by atoms with Crippen molar-refractivity contribution in [1.82, 2.24) is 19.9 Å². The normalized spacial score (nSPS) is 14.2. The van der Waals surface area contributed by atoms with Crippen molar-refractivity contribution in [2.45, 2.75) is 12.8 Å². The summed E-state index contributed by atoms with van der Waals surface area (Å²) >= 11 is 0. The molecule has 1 saturated heterocycles. The number of fused-ring (bicyclic) bond motifs is 1. The summed E-state index contributed by atoms with van der Waals surface area (Å²) in [5.74, 6) is 1.82. The van der Waals surface area contributed by atoms with E-state index >= 15 is 0 Å². The number of benzene rings is 1. The summed E-state index contributed by atoms with van der Waals surface area (Å²) in [6.45, 7) is 2.32. The number of anilines is 1. The Morgan fingerprint density at radius 3 is 2.69 bits per heavy atom. The second-order valence-corrected chi connectivity index (χ2v) is 6.53. The maximum absolute atomic E-state index is 11.9. The van der Waals surface area contributed by atoms with Gasteiger partial charge in [-0.05, 0) is 30.7 Å². The van der Waals surface area contributed by atoms with Crippen molar-refractivity contribution in [1.29, 1.82) is 0 Å². The molecule has 2 aromatic heterocycles. The number of hydrogen-bond donors (Lipinski definition) is 0. The summed E-state index contributed by atoms with van der Waals surface area (Å²) in [7, 11) is 2.02. The summed E-state index contributed by atoms with van der Waals surface area (Å²) in [6.07, 6.45) is 5.13. The molecule has 26 heavy (non-hydrogen) atoms. The van der Waals surface area contributed by atoms with E-state index in [0.29, 0.717) is 12.2 Å². The van der Waals surface area contributed by atoms with Crippen LogP contribution in [0.5, 0.6) is 0 Å². The van der Waals surface area contributed by atoms with Gasteiger partial charge in [0.15, 0.2) is 5.82 Å². The standard InChI is InChI=1S/C20H21N5O/c1-24(13-14-25-12-4-7-18(25)26)20-16-5-2-3-6-17(16)22-19(23-20)15-8-10-21-11-9-15/h2-3,5-6,8-11H,4,7,12-14H2,1H3. The number of rotatable bonds is 5. The minimum atomic E-state index is 0.253. The van der Waals surface area contributed by atoms with Gasteiger partial charge in [-0.2, -0.15) is 0 Å². The molecule has 0 N–H and O–H groups in total. The van der Waals surface area contributed by atoms with Crippen LogP contribution in [0, 0.1) is 0 Å². The molecule has 0 spiro atoms. The lowest BCUT2D eigenvalue weighted by atomic mass is 10.2. The molecule has 0 bridgehead atoms. The number of likely N-dealkylation sites (N-methyl/N-ethyl adjacent to an activating group) is 1. The average molecular weight is 347 g/mol. The summed E-state index contributed by atoms with van der Waals surface area (Å²) < 4.78 is 0. The fourth-order valence-corrected chi connectivity index (χ4v) is 3.30. The SMILES string of the molecule is CN(CCN1CCCC1=O)c1nc(-c2ccncc2)nc2ccccc12. The first-order valence-corrected chi connectivity index (χ1v) is 8.88. The molecule has 1 aromatic carbocycles. The molecule has 3 aromatic rings. The molecule has 1 amide bonds. The second kappa shape index (κ2) is 7.07. The number of para-hydroxylation sites is 1. The summed E-state index contributed by atoms with van der Waals surface area (Å²) in [4.78, 5) is 29.5. The highest BCUT2D eigenvalue weighted by Crippen LogP contribution is 2.26. The van der Waals surface area contributed by atoms with Gasteiger partial charge in [-0.1, -0.05) is 12.1 Å². The molecule has 0 atom stereocenters. The fourth-order valence-electron chi connectivity index (χ4n) is 3.30. The van der Waals surface area contributed by atoms with Gasteiger partial charge >= 0.3 is 0 Å². The third-order valence-corrected chi connectivity index (χ3v) is 4.76. The zero-order chi connectivity index (χ0) is 17.9. The van der Waals surface area contributed by atoms with Gasteiger partial charge < -0.3 is 9.80 Å². The number of amides is 1. The smallest absolute Gasteiger partial charge is 0.222 e. The molecule has 1 aliphatic rings. The monoisotopic (exact) mass is 347 g/mol. The Hall–Kier alpha value is -3.02. The molecule has 3 heterocycles. The first-order chi connectivity index (χ1) is 12.7. The topological polar surface area (TPSA) is 62.2 Å². The Bertz CT molecular complexity index is 928. The van der Waals surface area contributed by atoms with Crippen molar-refractivity contribution in [2.24, 2.45) is 0 Å². The number of carbonyl (C=O) groups excluding carboxylic acids is 1. The lowest BCUT2D eigenvalue weighted by molar-refractivity contribution is -0.127. The van der Waals surface area contributed by atoms with Crippen LogP contribution in [-0.2, 0) is 4.79 Å². The van der Waals surface area contributed by atoms with E-state index in [0.717, 1.165) is 48.3 Å². The van der Waals surface area contributed by atoms with Crippen LogP contribution in [0.3, 0.4) is 0 Å². The first kappa shape index (κ1) is 16.4. The fraction of sp³-hybridized carbons (Fsp3) is 0.300. The second-order valence-electron chi connectivity index (χ2n) is 6.53. The van der Waals surface area contributed by atoms with Gasteiger partial charge in [0.25, 0.3) is 0 Å². The number of carbonyl (C=O) groups is 1. The molecule has 0 unspecified atom stereocenters. The highest BCUT2D eigenvalue weighted by molar-refractivity contribution is 5.91. The molecule has 6 heteroatoms. The zero-order valence-corrected chi connectivity index (χ0v) is 14.8. The van der Waals surface area contributed by atoms with Gasteiger partial charge in [0, 0.05) is 56.4 Å². The number of likely N-dealkylation sites (tertiary alicyclic amines) is 1. The molecular weight excluding hydrogens is 326 g/mol. The van der Waals surface area contributed by atoms with E-state index in [-0.39, 0.29) is 5.91 Å². The molecule has 0 saturated carbocycles. The van der Waals surface area contributed by atoms with Gasteiger partial charge in [0.05, 0.1) is 5.52 Å². The van der Waals surface area contributed by atoms with Gasteiger partial charge in [0.1, 0.15) is 5.82 Å². The van der Waals surface area contributed by atoms with Crippen molar-refractivity contribution >= 4 is 22.6 Å². The Morgan fingerprint density at radius 1 is 1.12 bits per heavy atom. The molecule has 132 valence electrons. The van der Waals surface area contributed by atoms with Crippen LogP contribution >= 0.6 is 0 Å². The van der Waals surface area contributed by atoms with Crippen LogP contribution < -0.4 is 4.90 Å². The van der Waals surface area contributed by atoms with E-state index in [1.54, 1.807) is 12.4 Å². The van der Waals surface area contributed by atoms with E-state index < -0.39 is 0 Å². The quantitative estimate of drug-likeness (QED) is 0.710. The van der Waals surface area contributed by atoms with E-state index in [1.165, 1.54) is 0 Å². The average Bonchev–Trinajstić information content (AvgIpc) is 3.10. The minimum absolute atomic E-state index is 0.253. The number of aromatic nitrogens is 3. The van der Waals surface area contributed by atoms with Crippen molar-refractivity contribution in [3.63, 3.8) is 0 Å². The van der Waals surface area contributed by atoms with Crippen molar-refractivity contribution in [3.8, 4) is 11.4 Å². The largest absolute Gasteiger partial charge is 0.357 e. The van der Waals surface area contributed by atoms with Crippen LogP contribution in [0.15, 0.2) is 48.8 Å². The van der Waals surface area contributed by atoms with E-state index in [9.17, 15) is 4.79 Å². The highest BCUT2D eigenvalue weighted by Gasteiger charge is 2.20. The lowest BCUT2D eigenvalue weighted by Crippen LogP contribution is -2.34. The molecule has 0 aliphatic carbocycles. The van der Waals surface area contributed by atoms with Crippen molar-refractivity contribution in [3.05, 3.63) is 48.8 Å². The molecule has 4 rings (SSSR count). The number of hydrogen-bond acceptors (Lipinski definition) is 5. The van der Waals surface area contributed by atoms with E-state index in [1.807, 2.05) is 48.3 Å². The number of pyridine rings is 1.